The van der Waals surface area contributed by atoms with Crippen molar-refractivity contribution in [2.45, 2.75) is 284 Å². The predicted molar refractivity (Wildman–Crippen MR) is 297 cm³/mol. The molecular weight excluding hydrogens is 853 g/mol. The zero-order valence-corrected chi connectivity index (χ0v) is 45.3. The second-order valence-electron chi connectivity index (χ2n) is 19.2. The van der Waals surface area contributed by atoms with Crippen molar-refractivity contribution in [1.29, 1.82) is 0 Å². The molecule has 69 heavy (non-hydrogen) atoms. The largest absolute Gasteiger partial charge is 0.462 e. The number of allylic oxidation sites excluding steroid dienone is 14. The summed E-state index contributed by atoms with van der Waals surface area (Å²) in [4.78, 5) is 38.1. The second kappa shape index (κ2) is 57.2. The van der Waals surface area contributed by atoms with E-state index < -0.39 is 6.10 Å². The fraction of sp³-hybridized carbons (Fsp3) is 0.730. The Morgan fingerprint density at radius 2 is 0.580 bits per heavy atom. The molecule has 0 aromatic heterocycles. The average molecular weight is 962 g/mol. The first kappa shape index (κ1) is 65.6. The van der Waals surface area contributed by atoms with Crippen molar-refractivity contribution in [3.05, 3.63) is 85.1 Å². The fourth-order valence-electron chi connectivity index (χ4n) is 8.02. The summed E-state index contributed by atoms with van der Waals surface area (Å²) in [6.07, 6.45) is 74.3. The van der Waals surface area contributed by atoms with E-state index in [1.807, 2.05) is 0 Å². The number of hydrogen-bond donors (Lipinski definition) is 0. The monoisotopic (exact) mass is 961 g/mol. The summed E-state index contributed by atoms with van der Waals surface area (Å²) in [6, 6.07) is 0. The van der Waals surface area contributed by atoms with Gasteiger partial charge in [-0.05, 0) is 89.9 Å². The molecule has 1 unspecified atom stereocenters. The van der Waals surface area contributed by atoms with Gasteiger partial charge >= 0.3 is 17.9 Å². The quantitative estimate of drug-likeness (QED) is 0.0262. The number of ether oxygens (including phenoxy) is 3. The molecule has 0 bridgehead atoms. The minimum absolute atomic E-state index is 0.0874. The summed E-state index contributed by atoms with van der Waals surface area (Å²) in [6.45, 7) is 6.48. The lowest BCUT2D eigenvalue weighted by molar-refractivity contribution is -0.167. The maximum absolute atomic E-state index is 12.9. The van der Waals surface area contributed by atoms with E-state index in [9.17, 15) is 14.4 Å². The molecule has 0 heterocycles. The molecule has 0 saturated carbocycles. The zero-order chi connectivity index (χ0) is 50.0. The molecule has 0 aliphatic rings. The molecule has 0 aromatic rings. The maximum atomic E-state index is 12.9. The predicted octanol–water partition coefficient (Wildman–Crippen LogP) is 19.5. The minimum Gasteiger partial charge on any atom is -0.462 e. The Morgan fingerprint density at radius 1 is 0.304 bits per heavy atom. The van der Waals surface area contributed by atoms with Crippen molar-refractivity contribution in [2.24, 2.45) is 0 Å². The SMILES string of the molecule is CC/C=C\C/C=C\C/C=C\C/C=C\C/C=C\C/C=C\CCCCCCC(=O)OCC(COC(=O)CCCCCCC/C=C\CCCC)OC(=O)CCCCCCCCCCCCCCCCCCC. The van der Waals surface area contributed by atoms with E-state index in [0.29, 0.717) is 19.3 Å². The van der Waals surface area contributed by atoms with Gasteiger partial charge in [0.15, 0.2) is 6.10 Å². The van der Waals surface area contributed by atoms with E-state index in [-0.39, 0.29) is 31.1 Å². The summed E-state index contributed by atoms with van der Waals surface area (Å²) < 4.78 is 16.8. The van der Waals surface area contributed by atoms with Crippen molar-refractivity contribution in [3.8, 4) is 0 Å². The van der Waals surface area contributed by atoms with Crippen LogP contribution in [0.2, 0.25) is 0 Å². The van der Waals surface area contributed by atoms with Crippen LogP contribution in [0.15, 0.2) is 85.1 Å². The highest BCUT2D eigenvalue weighted by Gasteiger charge is 2.19. The third-order valence-electron chi connectivity index (χ3n) is 12.4. The Balaban J connectivity index is 4.37. The van der Waals surface area contributed by atoms with E-state index in [4.69, 9.17) is 14.2 Å². The number of unbranched alkanes of at least 4 members (excludes halogenated alkanes) is 27. The standard InChI is InChI=1S/C63H108O6/c1-4-7-10-13-16-19-22-24-26-28-29-30-31-32-33-35-36-38-41-44-47-50-53-56-62(65)68-59-60(58-67-61(64)55-52-49-46-43-40-21-18-15-12-9-6-3)69-63(66)57-54-51-48-45-42-39-37-34-27-25-23-20-17-14-11-8-5-2/h7,10,15-16,18-19,24,26,29-30,32-33,36,38,60H,4-6,8-9,11-14,17,20-23,25,27-28,31,34-35,37,39-59H2,1-3H3/b10-7-,18-15-,19-16-,26-24-,30-29-,33-32-,38-36-. The van der Waals surface area contributed by atoms with Crippen LogP contribution in [-0.2, 0) is 28.6 Å². The maximum Gasteiger partial charge on any atom is 0.306 e. The van der Waals surface area contributed by atoms with Gasteiger partial charge in [0.25, 0.3) is 0 Å². The average Bonchev–Trinajstić information content (AvgIpc) is 3.35. The lowest BCUT2D eigenvalue weighted by atomic mass is 10.0. The van der Waals surface area contributed by atoms with Gasteiger partial charge in [0.05, 0.1) is 0 Å². The number of esters is 3. The number of carbonyl (C=O) groups is 3. The van der Waals surface area contributed by atoms with Crippen molar-refractivity contribution in [1.82, 2.24) is 0 Å². The molecule has 0 aliphatic heterocycles. The highest BCUT2D eigenvalue weighted by molar-refractivity contribution is 5.71. The van der Waals surface area contributed by atoms with E-state index in [0.717, 1.165) is 116 Å². The molecule has 0 aliphatic carbocycles. The van der Waals surface area contributed by atoms with Gasteiger partial charge in [-0.1, -0.05) is 254 Å². The van der Waals surface area contributed by atoms with E-state index >= 15 is 0 Å². The Hall–Kier alpha value is -3.41. The molecule has 0 amide bonds. The van der Waals surface area contributed by atoms with Gasteiger partial charge in [-0.25, -0.2) is 0 Å². The Morgan fingerprint density at radius 3 is 0.942 bits per heavy atom. The molecule has 396 valence electrons. The third kappa shape index (κ3) is 55.4. The van der Waals surface area contributed by atoms with Crippen LogP contribution >= 0.6 is 0 Å². The van der Waals surface area contributed by atoms with Gasteiger partial charge in [0.1, 0.15) is 13.2 Å². The first-order chi connectivity index (χ1) is 34.0. The van der Waals surface area contributed by atoms with Crippen molar-refractivity contribution < 1.29 is 28.6 Å². The molecule has 0 fully saturated rings. The molecular formula is C63H108O6. The Bertz CT molecular complexity index is 1330. The van der Waals surface area contributed by atoms with Crippen LogP contribution in [0.25, 0.3) is 0 Å². The van der Waals surface area contributed by atoms with Crippen LogP contribution in [0.3, 0.4) is 0 Å². The fourth-order valence-corrected chi connectivity index (χ4v) is 8.02. The van der Waals surface area contributed by atoms with Gasteiger partial charge in [0.2, 0.25) is 0 Å². The zero-order valence-electron chi connectivity index (χ0n) is 45.3. The molecule has 0 saturated heterocycles. The summed E-state index contributed by atoms with van der Waals surface area (Å²) in [5, 5.41) is 0. The number of hydrogen-bond acceptors (Lipinski definition) is 6. The Kier molecular flexibility index (Phi) is 54.3. The lowest BCUT2D eigenvalue weighted by Crippen LogP contribution is -2.30. The van der Waals surface area contributed by atoms with Crippen LogP contribution in [0.4, 0.5) is 0 Å². The van der Waals surface area contributed by atoms with Gasteiger partial charge in [-0.3, -0.25) is 14.4 Å². The third-order valence-corrected chi connectivity index (χ3v) is 12.4. The van der Waals surface area contributed by atoms with Gasteiger partial charge < -0.3 is 14.2 Å². The summed E-state index contributed by atoms with van der Waals surface area (Å²) in [5.41, 5.74) is 0. The minimum atomic E-state index is -0.789. The highest BCUT2D eigenvalue weighted by Crippen LogP contribution is 2.16. The summed E-state index contributed by atoms with van der Waals surface area (Å²) in [7, 11) is 0. The molecule has 1 atom stereocenters. The molecule has 0 rings (SSSR count). The number of carbonyl (C=O) groups excluding carboxylic acids is 3. The highest BCUT2D eigenvalue weighted by atomic mass is 16.6. The van der Waals surface area contributed by atoms with Gasteiger partial charge in [-0.2, -0.15) is 0 Å². The molecule has 6 heteroatoms. The molecule has 6 nitrogen and oxygen atoms in total. The summed E-state index contributed by atoms with van der Waals surface area (Å²) in [5.74, 6) is -0.914. The normalized spacial score (nSPS) is 12.7. The molecule has 0 N–H and O–H groups in total. The van der Waals surface area contributed by atoms with Crippen molar-refractivity contribution in [2.75, 3.05) is 13.2 Å². The molecule has 0 spiro atoms. The van der Waals surface area contributed by atoms with Crippen LogP contribution in [-0.4, -0.2) is 37.2 Å². The van der Waals surface area contributed by atoms with E-state index in [1.165, 1.54) is 122 Å². The van der Waals surface area contributed by atoms with E-state index in [2.05, 4.69) is 106 Å². The van der Waals surface area contributed by atoms with Crippen LogP contribution in [0.1, 0.15) is 278 Å². The lowest BCUT2D eigenvalue weighted by Gasteiger charge is -2.18. The second-order valence-corrected chi connectivity index (χ2v) is 19.2. The van der Waals surface area contributed by atoms with Crippen LogP contribution in [0, 0.1) is 0 Å². The van der Waals surface area contributed by atoms with E-state index in [1.54, 1.807) is 0 Å². The topological polar surface area (TPSA) is 78.9 Å². The van der Waals surface area contributed by atoms with Crippen LogP contribution < -0.4 is 0 Å². The number of rotatable bonds is 52. The van der Waals surface area contributed by atoms with Gasteiger partial charge in [-0.15, -0.1) is 0 Å². The first-order valence-corrected chi connectivity index (χ1v) is 29.1. The smallest absolute Gasteiger partial charge is 0.306 e. The van der Waals surface area contributed by atoms with Crippen LogP contribution in [0.5, 0.6) is 0 Å². The Labute approximate surface area is 426 Å². The summed E-state index contributed by atoms with van der Waals surface area (Å²) >= 11 is 0. The molecule has 0 aromatic carbocycles. The first-order valence-electron chi connectivity index (χ1n) is 29.1. The van der Waals surface area contributed by atoms with Crippen molar-refractivity contribution in [3.63, 3.8) is 0 Å². The van der Waals surface area contributed by atoms with Gasteiger partial charge in [0, 0.05) is 19.3 Å². The van der Waals surface area contributed by atoms with Crippen molar-refractivity contribution >= 4 is 17.9 Å². The molecule has 0 radical (unpaired) electrons.